The van der Waals surface area contributed by atoms with Gasteiger partial charge in [-0.2, -0.15) is 9.98 Å². The van der Waals surface area contributed by atoms with Crippen LogP contribution in [-0.2, 0) is 9.59 Å². The number of guanidine groups is 1. The van der Waals surface area contributed by atoms with Crippen LogP contribution >= 0.6 is 23.2 Å². The maximum atomic E-state index is 12.5. The number of carbonyl (C=O) groups is 2. The molecule has 9 nitrogen and oxygen atoms in total. The van der Waals surface area contributed by atoms with Crippen molar-refractivity contribution in [3.05, 3.63) is 82.8 Å². The third-order valence-corrected chi connectivity index (χ3v) is 4.88. The molecule has 0 spiro atoms. The number of hydrogen-bond acceptors (Lipinski definition) is 7. The van der Waals surface area contributed by atoms with Gasteiger partial charge in [-0.05, 0) is 60.7 Å². The third kappa shape index (κ3) is 7.20. The van der Waals surface area contributed by atoms with Gasteiger partial charge in [-0.1, -0.05) is 35.3 Å². The normalized spacial score (nSPS) is 10.5. The molecule has 0 aliphatic rings. The molecule has 35 heavy (non-hydrogen) atoms. The molecule has 11 heteroatoms. The molecule has 0 aliphatic heterocycles. The lowest BCUT2D eigenvalue weighted by atomic mass is 10.3. The van der Waals surface area contributed by atoms with Crippen molar-refractivity contribution in [2.75, 3.05) is 13.2 Å². The summed E-state index contributed by atoms with van der Waals surface area (Å²) in [7, 11) is 0. The van der Waals surface area contributed by atoms with Crippen molar-refractivity contribution < 1.29 is 23.5 Å². The van der Waals surface area contributed by atoms with E-state index in [1.165, 1.54) is 0 Å². The van der Waals surface area contributed by atoms with E-state index in [9.17, 15) is 9.59 Å². The van der Waals surface area contributed by atoms with E-state index < -0.39 is 11.8 Å². The number of para-hydroxylation sites is 2. The number of fused-ring (bicyclic) bond motifs is 1. The zero-order chi connectivity index (χ0) is 24.6. The van der Waals surface area contributed by atoms with Crippen molar-refractivity contribution in [3.8, 4) is 11.5 Å². The molecule has 0 saturated heterocycles. The van der Waals surface area contributed by atoms with Gasteiger partial charge >= 0.3 is 6.01 Å². The molecule has 2 amide bonds. The van der Waals surface area contributed by atoms with E-state index in [1.807, 2.05) is 0 Å². The Morgan fingerprint density at radius 1 is 0.800 bits per heavy atom. The van der Waals surface area contributed by atoms with Crippen LogP contribution in [-0.4, -0.2) is 36.0 Å². The third-order valence-electron chi connectivity index (χ3n) is 4.37. The second kappa shape index (κ2) is 11.4. The first-order chi connectivity index (χ1) is 16.9. The number of amides is 2. The van der Waals surface area contributed by atoms with Gasteiger partial charge in [0.1, 0.15) is 17.0 Å². The van der Waals surface area contributed by atoms with Gasteiger partial charge in [0, 0.05) is 10.0 Å². The summed E-state index contributed by atoms with van der Waals surface area (Å²) < 4.78 is 16.4. The largest absolute Gasteiger partial charge is 0.484 e. The minimum atomic E-state index is -0.575. The Morgan fingerprint density at radius 2 is 1.31 bits per heavy atom. The van der Waals surface area contributed by atoms with Gasteiger partial charge in [-0.25, -0.2) is 0 Å². The number of nitrogens with zero attached hydrogens (tertiary/aromatic N) is 2. The number of aromatic nitrogens is 1. The van der Waals surface area contributed by atoms with Gasteiger partial charge in [-0.15, -0.1) is 0 Å². The van der Waals surface area contributed by atoms with Crippen LogP contribution in [0.5, 0.6) is 11.5 Å². The fraction of sp³-hybridized carbons (Fsp3) is 0.0833. The summed E-state index contributed by atoms with van der Waals surface area (Å²) in [6, 6.07) is 20.0. The number of hydrogen-bond donors (Lipinski definition) is 2. The first-order valence-corrected chi connectivity index (χ1v) is 11.0. The van der Waals surface area contributed by atoms with Crippen molar-refractivity contribution in [2.45, 2.75) is 0 Å². The quantitative estimate of drug-likeness (QED) is 0.278. The highest BCUT2D eigenvalue weighted by atomic mass is 35.5. The number of aliphatic imine (C=N–C) groups is 1. The monoisotopic (exact) mass is 512 g/mol. The first-order valence-electron chi connectivity index (χ1n) is 10.3. The van der Waals surface area contributed by atoms with Crippen LogP contribution in [0.25, 0.3) is 11.1 Å². The zero-order valence-electron chi connectivity index (χ0n) is 18.0. The zero-order valence-corrected chi connectivity index (χ0v) is 19.5. The molecular formula is C24H18Cl2N4O5. The Hall–Kier alpha value is -4.08. The summed E-state index contributed by atoms with van der Waals surface area (Å²) in [4.78, 5) is 33.3. The standard InChI is InChI=1S/C24H18Cl2N4O5/c25-15-5-9-17(10-6-15)33-13-21(31)28-23(30-24-27-19-3-1-2-4-20(19)35-24)29-22(32)14-34-18-11-7-16(26)8-12-18/h1-12H,13-14H2,(H2,27,28,29,30,31,32). The molecule has 0 bridgehead atoms. The number of rotatable bonds is 7. The lowest BCUT2D eigenvalue weighted by Gasteiger charge is -2.11. The Balaban J connectivity index is 1.43. The number of nitrogens with one attached hydrogen (secondary N) is 2. The van der Waals surface area contributed by atoms with Gasteiger partial charge in [0.25, 0.3) is 11.8 Å². The highest BCUT2D eigenvalue weighted by Gasteiger charge is 2.14. The minimum absolute atomic E-state index is 0.0564. The number of benzene rings is 3. The first kappa shape index (κ1) is 24.1. The lowest BCUT2D eigenvalue weighted by Crippen LogP contribution is -2.46. The molecule has 0 saturated carbocycles. The highest BCUT2D eigenvalue weighted by molar-refractivity contribution is 6.30. The molecule has 178 valence electrons. The second-order valence-electron chi connectivity index (χ2n) is 7.01. The van der Waals surface area contributed by atoms with E-state index in [-0.39, 0.29) is 25.2 Å². The maximum Gasteiger partial charge on any atom is 0.326 e. The topological polar surface area (TPSA) is 115 Å². The molecule has 1 heterocycles. The fourth-order valence-corrected chi connectivity index (χ4v) is 3.04. The SMILES string of the molecule is O=C(COc1ccc(Cl)cc1)NC(=Nc1nc2ccccc2o1)NC(=O)COc1ccc(Cl)cc1. The highest BCUT2D eigenvalue weighted by Crippen LogP contribution is 2.20. The number of halogens is 2. The molecule has 0 aliphatic carbocycles. The molecule has 2 N–H and O–H groups in total. The predicted octanol–water partition coefficient (Wildman–Crippen LogP) is 4.51. The molecule has 3 aromatic carbocycles. The van der Waals surface area contributed by atoms with Crippen LogP contribution in [0.15, 0.2) is 82.2 Å². The van der Waals surface area contributed by atoms with Gasteiger partial charge in [0.05, 0.1) is 0 Å². The van der Waals surface area contributed by atoms with Crippen LogP contribution in [0.1, 0.15) is 0 Å². The molecule has 0 radical (unpaired) electrons. The van der Waals surface area contributed by atoms with Crippen LogP contribution in [0.3, 0.4) is 0 Å². The van der Waals surface area contributed by atoms with E-state index in [0.717, 1.165) is 0 Å². The maximum absolute atomic E-state index is 12.5. The molecule has 0 unspecified atom stereocenters. The second-order valence-corrected chi connectivity index (χ2v) is 7.88. The van der Waals surface area contributed by atoms with Crippen molar-refractivity contribution >= 4 is 58.1 Å². The average Bonchev–Trinajstić information content (AvgIpc) is 3.25. The lowest BCUT2D eigenvalue weighted by molar-refractivity contribution is -0.122. The van der Waals surface area contributed by atoms with Crippen molar-refractivity contribution in [1.82, 2.24) is 15.6 Å². The molecule has 4 rings (SSSR count). The summed E-state index contributed by atoms with van der Waals surface area (Å²) >= 11 is 11.7. The molecule has 4 aromatic rings. The summed E-state index contributed by atoms with van der Waals surface area (Å²) in [6.45, 7) is -0.684. The Morgan fingerprint density at radius 3 is 1.83 bits per heavy atom. The molecular weight excluding hydrogens is 495 g/mol. The summed E-state index contributed by atoms with van der Waals surface area (Å²) in [5.41, 5.74) is 1.07. The van der Waals surface area contributed by atoms with Gasteiger partial charge in [0.2, 0.25) is 5.96 Å². The number of oxazole rings is 1. The van der Waals surface area contributed by atoms with Crippen molar-refractivity contribution in [1.29, 1.82) is 0 Å². The van der Waals surface area contributed by atoms with Gasteiger partial charge < -0.3 is 13.9 Å². The fourth-order valence-electron chi connectivity index (χ4n) is 2.79. The van der Waals surface area contributed by atoms with Gasteiger partial charge in [0.15, 0.2) is 18.8 Å². The van der Waals surface area contributed by atoms with Crippen LogP contribution in [0.4, 0.5) is 6.01 Å². The van der Waals surface area contributed by atoms with Crippen LogP contribution < -0.4 is 20.1 Å². The van der Waals surface area contributed by atoms with E-state index >= 15 is 0 Å². The van der Waals surface area contributed by atoms with E-state index in [1.54, 1.807) is 72.8 Å². The molecule has 0 atom stereocenters. The van der Waals surface area contributed by atoms with Crippen molar-refractivity contribution in [2.24, 2.45) is 4.99 Å². The Kier molecular flexibility index (Phi) is 7.81. The molecule has 1 aromatic heterocycles. The van der Waals surface area contributed by atoms with Crippen LogP contribution in [0.2, 0.25) is 10.0 Å². The smallest absolute Gasteiger partial charge is 0.326 e. The Labute approximate surface area is 209 Å². The van der Waals surface area contributed by atoms with E-state index in [2.05, 4.69) is 20.6 Å². The minimum Gasteiger partial charge on any atom is -0.484 e. The summed E-state index contributed by atoms with van der Waals surface area (Å²) in [5.74, 6) is -0.460. The van der Waals surface area contributed by atoms with Crippen LogP contribution in [0, 0.1) is 0 Å². The summed E-state index contributed by atoms with van der Waals surface area (Å²) in [6.07, 6.45) is 0. The number of carbonyl (C=O) groups excluding carboxylic acids is 2. The number of ether oxygens (including phenoxy) is 2. The Bertz CT molecular complexity index is 1260. The predicted molar refractivity (Wildman–Crippen MR) is 131 cm³/mol. The van der Waals surface area contributed by atoms with Gasteiger partial charge in [-0.3, -0.25) is 20.2 Å². The molecule has 0 fully saturated rings. The van der Waals surface area contributed by atoms with Crippen molar-refractivity contribution in [3.63, 3.8) is 0 Å². The van der Waals surface area contributed by atoms with E-state index in [0.29, 0.717) is 32.6 Å². The average molecular weight is 513 g/mol. The van der Waals surface area contributed by atoms with E-state index in [4.69, 9.17) is 37.1 Å². The summed E-state index contributed by atoms with van der Waals surface area (Å²) in [5, 5.41) is 6.05.